The highest BCUT2D eigenvalue weighted by molar-refractivity contribution is 5.86. The fraction of sp³-hybridized carbons (Fsp3) is 0.125. The Balaban J connectivity index is 0.00000133. The predicted molar refractivity (Wildman–Crippen MR) is 80.7 cm³/mol. The maximum Gasteiger partial charge on any atom is 0.127 e. The second kappa shape index (κ2) is 5.91. The van der Waals surface area contributed by atoms with Crippen LogP contribution in [0.2, 0.25) is 0 Å². The summed E-state index contributed by atoms with van der Waals surface area (Å²) in [5, 5.41) is 0. The monoisotopic (exact) mass is 273 g/mol. The first-order chi connectivity index (χ1) is 8.90. The van der Waals surface area contributed by atoms with Gasteiger partial charge in [0.2, 0.25) is 0 Å². The molecule has 0 fully saturated rings. The van der Waals surface area contributed by atoms with Crippen LogP contribution in [0, 0.1) is 0 Å². The highest BCUT2D eigenvalue weighted by atomic mass is 35.5. The molecule has 2 aromatic rings. The van der Waals surface area contributed by atoms with Crippen LogP contribution in [0.1, 0.15) is 11.1 Å². The van der Waals surface area contributed by atoms with Crippen molar-refractivity contribution in [2.24, 2.45) is 5.73 Å². The van der Waals surface area contributed by atoms with Gasteiger partial charge in [0.25, 0.3) is 0 Å². The topological polar surface area (TPSA) is 35.2 Å². The zero-order valence-corrected chi connectivity index (χ0v) is 11.3. The molecule has 2 nitrogen and oxygen atoms in total. The first-order valence-corrected chi connectivity index (χ1v) is 6.10. The first-order valence-electron chi connectivity index (χ1n) is 6.10. The molecule has 0 spiro atoms. The van der Waals surface area contributed by atoms with Crippen LogP contribution in [0.3, 0.4) is 0 Å². The van der Waals surface area contributed by atoms with Crippen LogP contribution in [0.5, 0.6) is 5.75 Å². The van der Waals surface area contributed by atoms with Gasteiger partial charge in [-0.1, -0.05) is 48.5 Å². The summed E-state index contributed by atoms with van der Waals surface area (Å²) >= 11 is 0. The Morgan fingerprint density at radius 3 is 2.37 bits per heavy atom. The van der Waals surface area contributed by atoms with Gasteiger partial charge >= 0.3 is 0 Å². The molecule has 1 aliphatic heterocycles. The number of ether oxygens (including phenoxy) is 1. The molecule has 0 aromatic heterocycles. The van der Waals surface area contributed by atoms with E-state index in [0.717, 1.165) is 16.9 Å². The normalized spacial score (nSPS) is 13.3. The van der Waals surface area contributed by atoms with Gasteiger partial charge in [0.05, 0.1) is 0 Å². The van der Waals surface area contributed by atoms with E-state index in [4.69, 9.17) is 10.5 Å². The van der Waals surface area contributed by atoms with Crippen molar-refractivity contribution >= 4 is 18.0 Å². The molecule has 2 N–H and O–H groups in total. The van der Waals surface area contributed by atoms with Gasteiger partial charge in [-0.05, 0) is 22.8 Å². The Morgan fingerprint density at radius 1 is 0.947 bits per heavy atom. The third-order valence-electron chi connectivity index (χ3n) is 3.22. The highest BCUT2D eigenvalue weighted by Crippen LogP contribution is 2.36. The summed E-state index contributed by atoms with van der Waals surface area (Å²) in [4.78, 5) is 0. The minimum absolute atomic E-state index is 0. The number of fused-ring (bicyclic) bond motifs is 1. The van der Waals surface area contributed by atoms with E-state index < -0.39 is 0 Å². The van der Waals surface area contributed by atoms with Crippen LogP contribution >= 0.6 is 12.4 Å². The smallest absolute Gasteiger partial charge is 0.127 e. The molecule has 3 heteroatoms. The molecule has 2 aromatic carbocycles. The molecule has 0 saturated carbocycles. The van der Waals surface area contributed by atoms with Gasteiger partial charge in [-0.15, -0.1) is 12.4 Å². The van der Waals surface area contributed by atoms with Gasteiger partial charge in [0.1, 0.15) is 12.4 Å². The van der Waals surface area contributed by atoms with Crippen molar-refractivity contribution in [2.75, 3.05) is 13.2 Å². The third-order valence-corrected chi connectivity index (χ3v) is 3.22. The zero-order chi connectivity index (χ0) is 12.4. The van der Waals surface area contributed by atoms with Crippen LogP contribution in [0.25, 0.3) is 5.57 Å². The van der Waals surface area contributed by atoms with Gasteiger partial charge in [-0.3, -0.25) is 0 Å². The van der Waals surface area contributed by atoms with Crippen LogP contribution in [0.4, 0.5) is 0 Å². The van der Waals surface area contributed by atoms with Crippen molar-refractivity contribution in [1.29, 1.82) is 0 Å². The van der Waals surface area contributed by atoms with Crippen LogP contribution in [-0.4, -0.2) is 13.2 Å². The van der Waals surface area contributed by atoms with Crippen molar-refractivity contribution in [3.8, 4) is 5.75 Å². The molecule has 98 valence electrons. The quantitative estimate of drug-likeness (QED) is 0.912. The minimum Gasteiger partial charge on any atom is -0.489 e. The molecule has 19 heavy (non-hydrogen) atoms. The number of rotatable bonds is 2. The molecule has 0 saturated heterocycles. The van der Waals surface area contributed by atoms with E-state index in [1.54, 1.807) is 0 Å². The van der Waals surface area contributed by atoms with E-state index >= 15 is 0 Å². The summed E-state index contributed by atoms with van der Waals surface area (Å²) in [5.41, 5.74) is 10.6. The number of halogens is 1. The molecule has 0 atom stereocenters. The van der Waals surface area contributed by atoms with E-state index in [1.165, 1.54) is 11.1 Å². The summed E-state index contributed by atoms with van der Waals surface area (Å²) in [7, 11) is 0. The molecule has 3 rings (SSSR count). The summed E-state index contributed by atoms with van der Waals surface area (Å²) < 4.78 is 5.74. The van der Waals surface area contributed by atoms with Crippen molar-refractivity contribution < 1.29 is 4.74 Å². The fourth-order valence-corrected chi connectivity index (χ4v) is 2.35. The molecule has 1 heterocycles. The lowest BCUT2D eigenvalue weighted by Gasteiger charge is -2.23. The predicted octanol–water partition coefficient (Wildman–Crippen LogP) is 3.26. The SMILES string of the molecule is Cl.NCC1=C(c2ccccc2)c2ccccc2OC1. The molecule has 1 aliphatic rings. The zero-order valence-electron chi connectivity index (χ0n) is 10.5. The second-order valence-corrected chi connectivity index (χ2v) is 4.33. The number of para-hydroxylation sites is 1. The van der Waals surface area contributed by atoms with Crippen molar-refractivity contribution in [1.82, 2.24) is 0 Å². The number of hydrogen-bond acceptors (Lipinski definition) is 2. The van der Waals surface area contributed by atoms with E-state index in [9.17, 15) is 0 Å². The van der Waals surface area contributed by atoms with Crippen molar-refractivity contribution in [3.63, 3.8) is 0 Å². The standard InChI is InChI=1S/C16H15NO.ClH/c17-10-13-11-18-15-9-5-4-8-14(15)16(13)12-6-2-1-3-7-12;/h1-9H,10-11,17H2;1H. The van der Waals surface area contributed by atoms with Gasteiger partial charge in [-0.2, -0.15) is 0 Å². The lowest BCUT2D eigenvalue weighted by Crippen LogP contribution is -2.18. The Labute approximate surface area is 119 Å². The molecular formula is C16H16ClNO. The molecule has 0 bridgehead atoms. The maximum absolute atomic E-state index is 5.85. The van der Waals surface area contributed by atoms with Crippen LogP contribution in [-0.2, 0) is 0 Å². The lowest BCUT2D eigenvalue weighted by molar-refractivity contribution is 0.344. The number of nitrogens with two attached hydrogens (primary N) is 1. The lowest BCUT2D eigenvalue weighted by atomic mass is 9.91. The van der Waals surface area contributed by atoms with E-state index in [-0.39, 0.29) is 12.4 Å². The molecular weight excluding hydrogens is 258 g/mol. The largest absolute Gasteiger partial charge is 0.489 e. The first kappa shape index (κ1) is 13.7. The summed E-state index contributed by atoms with van der Waals surface area (Å²) in [6.07, 6.45) is 0. The van der Waals surface area contributed by atoms with E-state index in [0.29, 0.717) is 13.2 Å². The van der Waals surface area contributed by atoms with E-state index in [1.807, 2.05) is 24.3 Å². The van der Waals surface area contributed by atoms with Crippen LogP contribution < -0.4 is 10.5 Å². The van der Waals surface area contributed by atoms with E-state index in [2.05, 4.69) is 30.3 Å². The van der Waals surface area contributed by atoms with Crippen LogP contribution in [0.15, 0.2) is 60.2 Å². The highest BCUT2D eigenvalue weighted by Gasteiger charge is 2.19. The second-order valence-electron chi connectivity index (χ2n) is 4.33. The average molecular weight is 274 g/mol. The van der Waals surface area contributed by atoms with Gasteiger partial charge in [0, 0.05) is 12.1 Å². The number of hydrogen-bond donors (Lipinski definition) is 1. The summed E-state index contributed by atoms with van der Waals surface area (Å²) in [6.45, 7) is 1.11. The third kappa shape index (κ3) is 2.50. The van der Waals surface area contributed by atoms with Gasteiger partial charge in [-0.25, -0.2) is 0 Å². The Kier molecular flexibility index (Phi) is 4.25. The molecule has 0 radical (unpaired) electrons. The van der Waals surface area contributed by atoms with Gasteiger partial charge in [0.15, 0.2) is 0 Å². The summed E-state index contributed by atoms with van der Waals surface area (Å²) in [6, 6.07) is 18.5. The van der Waals surface area contributed by atoms with Gasteiger partial charge < -0.3 is 10.5 Å². The minimum atomic E-state index is 0. The Morgan fingerprint density at radius 2 is 1.63 bits per heavy atom. The average Bonchev–Trinajstić information content (AvgIpc) is 2.47. The maximum atomic E-state index is 5.85. The number of benzene rings is 2. The van der Waals surface area contributed by atoms with Crippen molar-refractivity contribution in [3.05, 3.63) is 71.3 Å². The molecule has 0 unspecified atom stereocenters. The van der Waals surface area contributed by atoms with Crippen molar-refractivity contribution in [2.45, 2.75) is 0 Å². The Hall–Kier alpha value is -1.77. The molecule has 0 aliphatic carbocycles. The Bertz CT molecular complexity index is 593. The fourth-order valence-electron chi connectivity index (χ4n) is 2.35. The summed E-state index contributed by atoms with van der Waals surface area (Å²) in [5.74, 6) is 0.938. The molecule has 0 amide bonds.